The van der Waals surface area contributed by atoms with Crippen LogP contribution in [0.4, 0.5) is 0 Å². The molecular formula is C19H26O7. The third-order valence-electron chi connectivity index (χ3n) is 6.22. The molecule has 0 radical (unpaired) electrons. The molecule has 0 aromatic rings. The Bertz CT molecular complexity index is 675. The molecule has 0 spiro atoms. The highest BCUT2D eigenvalue weighted by molar-refractivity contribution is 5.93. The summed E-state index contributed by atoms with van der Waals surface area (Å²) < 4.78 is 11.1. The molecule has 7 atom stereocenters. The van der Waals surface area contributed by atoms with E-state index in [0.29, 0.717) is 0 Å². The Morgan fingerprint density at radius 2 is 1.92 bits per heavy atom. The number of hydrogen-bond donors (Lipinski definition) is 2. The van der Waals surface area contributed by atoms with Crippen LogP contribution >= 0.6 is 0 Å². The predicted octanol–water partition coefficient (Wildman–Crippen LogP) is 0.763. The second kappa shape index (κ2) is 5.89. The van der Waals surface area contributed by atoms with E-state index in [4.69, 9.17) is 9.47 Å². The minimum atomic E-state index is -1.74. The van der Waals surface area contributed by atoms with Crippen molar-refractivity contribution in [2.24, 2.45) is 23.7 Å². The highest BCUT2D eigenvalue weighted by Crippen LogP contribution is 2.55. The molecule has 0 bridgehead atoms. The zero-order chi connectivity index (χ0) is 19.6. The minimum absolute atomic E-state index is 0.0250. The number of ketones is 1. The number of esters is 2. The molecule has 7 nitrogen and oxygen atoms in total. The molecule has 0 amide bonds. The maximum absolute atomic E-state index is 12.4. The van der Waals surface area contributed by atoms with Crippen LogP contribution in [0.3, 0.4) is 0 Å². The first-order chi connectivity index (χ1) is 11.9. The van der Waals surface area contributed by atoms with Gasteiger partial charge in [0.05, 0.1) is 17.4 Å². The van der Waals surface area contributed by atoms with Gasteiger partial charge in [0.2, 0.25) is 0 Å². The molecule has 2 saturated carbocycles. The van der Waals surface area contributed by atoms with E-state index < -0.39 is 58.9 Å². The van der Waals surface area contributed by atoms with Gasteiger partial charge in [-0.1, -0.05) is 20.4 Å². The van der Waals surface area contributed by atoms with Crippen LogP contribution in [-0.4, -0.2) is 51.3 Å². The Kier molecular flexibility index (Phi) is 4.31. The number of aliphatic hydroxyl groups is 2. The van der Waals surface area contributed by atoms with Crippen LogP contribution in [-0.2, 0) is 23.9 Å². The molecule has 3 aliphatic rings. The highest BCUT2D eigenvalue weighted by atomic mass is 16.6. The maximum Gasteiger partial charge on any atom is 0.334 e. The van der Waals surface area contributed by atoms with Crippen molar-refractivity contribution in [3.8, 4) is 0 Å². The molecule has 2 N–H and O–H groups in total. The Labute approximate surface area is 152 Å². The molecule has 0 aromatic heterocycles. The van der Waals surface area contributed by atoms with Crippen molar-refractivity contribution in [1.82, 2.24) is 0 Å². The summed E-state index contributed by atoms with van der Waals surface area (Å²) >= 11 is 0. The van der Waals surface area contributed by atoms with Crippen molar-refractivity contribution in [2.75, 3.05) is 0 Å². The Hall–Kier alpha value is -1.73. The number of carbonyl (C=O) groups excluding carboxylic acids is 3. The molecule has 2 aliphatic carbocycles. The van der Waals surface area contributed by atoms with Gasteiger partial charge < -0.3 is 19.7 Å². The Balaban J connectivity index is 2.07. The van der Waals surface area contributed by atoms with Crippen LogP contribution in [0.5, 0.6) is 0 Å². The zero-order valence-electron chi connectivity index (χ0n) is 15.5. The van der Waals surface area contributed by atoms with Crippen molar-refractivity contribution in [2.45, 2.75) is 63.9 Å². The van der Waals surface area contributed by atoms with Crippen LogP contribution in [0, 0.1) is 23.7 Å². The fraction of sp³-hybridized carbons (Fsp3) is 0.737. The van der Waals surface area contributed by atoms with E-state index in [1.165, 1.54) is 6.92 Å². The van der Waals surface area contributed by atoms with Gasteiger partial charge in [-0.05, 0) is 13.8 Å². The summed E-state index contributed by atoms with van der Waals surface area (Å²) in [4.78, 5) is 36.7. The number of ether oxygens (including phenoxy) is 2. The van der Waals surface area contributed by atoms with E-state index in [0.717, 1.165) is 0 Å². The van der Waals surface area contributed by atoms with Crippen LogP contribution in [0.15, 0.2) is 12.2 Å². The summed E-state index contributed by atoms with van der Waals surface area (Å²) in [6.07, 6.45) is -1.68. The summed E-state index contributed by atoms with van der Waals surface area (Å²) in [7, 11) is 0. The first kappa shape index (κ1) is 19.0. The van der Waals surface area contributed by atoms with Crippen molar-refractivity contribution < 1.29 is 34.1 Å². The third kappa shape index (κ3) is 2.68. The van der Waals surface area contributed by atoms with Crippen LogP contribution < -0.4 is 0 Å². The molecular weight excluding hydrogens is 340 g/mol. The quantitative estimate of drug-likeness (QED) is 0.548. The van der Waals surface area contributed by atoms with E-state index in [1.807, 2.05) is 0 Å². The summed E-state index contributed by atoms with van der Waals surface area (Å²) in [5, 5.41) is 21.9. The van der Waals surface area contributed by atoms with E-state index in [1.54, 1.807) is 20.8 Å². The first-order valence-corrected chi connectivity index (χ1v) is 8.96. The van der Waals surface area contributed by atoms with Gasteiger partial charge >= 0.3 is 11.9 Å². The van der Waals surface area contributed by atoms with Crippen molar-refractivity contribution in [1.29, 1.82) is 0 Å². The Morgan fingerprint density at radius 1 is 1.31 bits per heavy atom. The van der Waals surface area contributed by atoms with Gasteiger partial charge in [0.15, 0.2) is 5.78 Å². The number of hydrogen-bond acceptors (Lipinski definition) is 7. The molecule has 0 aromatic carbocycles. The fourth-order valence-corrected chi connectivity index (χ4v) is 4.69. The molecule has 26 heavy (non-hydrogen) atoms. The van der Waals surface area contributed by atoms with Crippen molar-refractivity contribution in [3.63, 3.8) is 0 Å². The maximum atomic E-state index is 12.4. The van der Waals surface area contributed by atoms with Crippen LogP contribution in [0.25, 0.3) is 0 Å². The van der Waals surface area contributed by atoms with Gasteiger partial charge in [-0.25, -0.2) is 4.79 Å². The molecule has 1 heterocycles. The molecule has 3 fully saturated rings. The topological polar surface area (TPSA) is 110 Å². The van der Waals surface area contributed by atoms with Gasteiger partial charge in [0, 0.05) is 30.3 Å². The smallest absolute Gasteiger partial charge is 0.334 e. The summed E-state index contributed by atoms with van der Waals surface area (Å²) in [6.45, 7) is 10.1. The Morgan fingerprint density at radius 3 is 2.50 bits per heavy atom. The second-order valence-electron chi connectivity index (χ2n) is 8.52. The summed E-state index contributed by atoms with van der Waals surface area (Å²) in [5.74, 6) is -3.95. The molecule has 7 heteroatoms. The monoisotopic (exact) mass is 366 g/mol. The highest BCUT2D eigenvalue weighted by Gasteiger charge is 2.66. The zero-order valence-corrected chi connectivity index (χ0v) is 15.5. The average Bonchev–Trinajstić information content (AvgIpc) is 2.89. The van der Waals surface area contributed by atoms with E-state index in [-0.39, 0.29) is 24.3 Å². The average molecular weight is 366 g/mol. The lowest BCUT2D eigenvalue weighted by Gasteiger charge is -2.36. The molecule has 0 unspecified atom stereocenters. The third-order valence-corrected chi connectivity index (χ3v) is 6.22. The number of fused-ring (bicyclic) bond motifs is 3. The standard InChI is InChI=1S/C19H26O7/c1-8(2)16(21)25-11-7-18(4,23)10-6-12(20)19(5,24)14(10)15-13(11)9(3)17(22)26-15/h8,10-11,13-15,23-24H,3,6-7H2,1-2,4-5H3/t10-,11-,13-,14+,15+,18-,19+/m1/s1. The summed E-state index contributed by atoms with van der Waals surface area (Å²) in [6, 6.07) is 0. The minimum Gasteiger partial charge on any atom is -0.461 e. The molecule has 144 valence electrons. The lowest BCUT2D eigenvalue weighted by atomic mass is 9.74. The van der Waals surface area contributed by atoms with Gasteiger partial charge in [-0.15, -0.1) is 0 Å². The van der Waals surface area contributed by atoms with Crippen LogP contribution in [0.1, 0.15) is 40.5 Å². The van der Waals surface area contributed by atoms with Gasteiger partial charge in [-0.2, -0.15) is 0 Å². The second-order valence-corrected chi connectivity index (χ2v) is 8.52. The molecule has 3 rings (SSSR count). The molecule has 1 saturated heterocycles. The van der Waals surface area contributed by atoms with E-state index in [2.05, 4.69) is 6.58 Å². The SMILES string of the molecule is C=C1C(=O)O[C@H]2[C@H]1[C@H](OC(=O)C(C)C)C[C@@](C)(O)[C@@H]1CC(=O)[C@](C)(O)[C@H]21. The van der Waals surface area contributed by atoms with E-state index in [9.17, 15) is 24.6 Å². The van der Waals surface area contributed by atoms with E-state index >= 15 is 0 Å². The predicted molar refractivity (Wildman–Crippen MR) is 89.7 cm³/mol. The normalized spacial score (nSPS) is 45.2. The number of Topliss-reactive ketones (excluding diaryl/α,β-unsaturated/α-hetero) is 1. The summed E-state index contributed by atoms with van der Waals surface area (Å²) in [5.41, 5.74) is -2.97. The lowest BCUT2D eigenvalue weighted by Crippen LogP contribution is -2.48. The van der Waals surface area contributed by atoms with Crippen molar-refractivity contribution >= 4 is 17.7 Å². The van der Waals surface area contributed by atoms with Crippen LogP contribution in [0.2, 0.25) is 0 Å². The van der Waals surface area contributed by atoms with Gasteiger partial charge in [-0.3, -0.25) is 9.59 Å². The molecule has 1 aliphatic heterocycles. The lowest BCUT2D eigenvalue weighted by molar-refractivity contribution is -0.160. The largest absolute Gasteiger partial charge is 0.461 e. The number of rotatable bonds is 2. The van der Waals surface area contributed by atoms with Crippen molar-refractivity contribution in [3.05, 3.63) is 12.2 Å². The number of carbonyl (C=O) groups is 3. The van der Waals surface area contributed by atoms with Gasteiger partial charge in [0.1, 0.15) is 17.8 Å². The fourth-order valence-electron chi connectivity index (χ4n) is 4.69. The van der Waals surface area contributed by atoms with Gasteiger partial charge in [0.25, 0.3) is 0 Å². The first-order valence-electron chi connectivity index (χ1n) is 8.96.